The highest BCUT2D eigenvalue weighted by Gasteiger charge is 2.24. The van der Waals surface area contributed by atoms with Gasteiger partial charge in [0.05, 0.1) is 24.7 Å². The highest BCUT2D eigenvalue weighted by Crippen LogP contribution is 2.17. The fourth-order valence-electron chi connectivity index (χ4n) is 0.564. The smallest absolute Gasteiger partial charge is 0.0824 e. The van der Waals surface area contributed by atoms with Crippen LogP contribution in [0.25, 0.3) is 0 Å². The minimum atomic E-state index is -0.109. The average molecular weight is 137 g/mol. The lowest BCUT2D eigenvalue weighted by Gasteiger charge is -1.99. The number of rotatable bonds is 3. The summed E-state index contributed by atoms with van der Waals surface area (Å²) in [5.74, 6) is 0. The standard InChI is InChI=1S/C5H9ClO2/c6-4(2-7)1-5-3-8-5/h4-5,7H,1-3H2. The number of aliphatic hydroxyl groups is 1. The van der Waals surface area contributed by atoms with Gasteiger partial charge in [-0.1, -0.05) is 0 Å². The van der Waals surface area contributed by atoms with Gasteiger partial charge in [0.15, 0.2) is 0 Å². The van der Waals surface area contributed by atoms with Crippen molar-refractivity contribution in [1.82, 2.24) is 0 Å². The number of alkyl halides is 1. The molecule has 1 fully saturated rings. The Kier molecular flexibility index (Phi) is 2.11. The van der Waals surface area contributed by atoms with E-state index in [1.165, 1.54) is 0 Å². The maximum atomic E-state index is 8.42. The van der Waals surface area contributed by atoms with E-state index in [-0.39, 0.29) is 12.0 Å². The van der Waals surface area contributed by atoms with E-state index >= 15 is 0 Å². The molecule has 3 heteroatoms. The Balaban J connectivity index is 1.98. The Morgan fingerprint density at radius 1 is 1.88 bits per heavy atom. The SMILES string of the molecule is OCC(Cl)CC1CO1. The lowest BCUT2D eigenvalue weighted by molar-refractivity contribution is 0.277. The van der Waals surface area contributed by atoms with Crippen molar-refractivity contribution in [1.29, 1.82) is 0 Å². The molecule has 0 aromatic heterocycles. The number of hydrogen-bond donors (Lipinski definition) is 1. The van der Waals surface area contributed by atoms with Crippen molar-refractivity contribution in [3.63, 3.8) is 0 Å². The third-order valence-electron chi connectivity index (χ3n) is 1.12. The van der Waals surface area contributed by atoms with Gasteiger partial charge in [-0.05, 0) is 6.42 Å². The molecule has 0 aromatic rings. The van der Waals surface area contributed by atoms with Crippen LogP contribution in [-0.4, -0.2) is 29.8 Å². The van der Waals surface area contributed by atoms with E-state index in [1.54, 1.807) is 0 Å². The largest absolute Gasteiger partial charge is 0.395 e. The van der Waals surface area contributed by atoms with Gasteiger partial charge in [0.1, 0.15) is 0 Å². The molecule has 1 heterocycles. The molecular weight excluding hydrogens is 128 g/mol. The first-order valence-electron chi connectivity index (χ1n) is 2.69. The molecule has 0 saturated carbocycles. The second-order valence-electron chi connectivity index (χ2n) is 1.97. The molecule has 48 valence electrons. The summed E-state index contributed by atoms with van der Waals surface area (Å²) in [6.45, 7) is 0.880. The van der Waals surface area contributed by atoms with Gasteiger partial charge < -0.3 is 9.84 Å². The van der Waals surface area contributed by atoms with Crippen molar-refractivity contribution >= 4 is 11.6 Å². The van der Waals surface area contributed by atoms with Gasteiger partial charge >= 0.3 is 0 Å². The van der Waals surface area contributed by atoms with Gasteiger partial charge in [-0.15, -0.1) is 11.6 Å². The van der Waals surface area contributed by atoms with Crippen LogP contribution in [0.3, 0.4) is 0 Å². The number of epoxide rings is 1. The highest BCUT2D eigenvalue weighted by atomic mass is 35.5. The molecule has 0 spiro atoms. The fraction of sp³-hybridized carbons (Fsp3) is 1.00. The molecular formula is C5H9ClO2. The van der Waals surface area contributed by atoms with Gasteiger partial charge in [-0.2, -0.15) is 0 Å². The van der Waals surface area contributed by atoms with E-state index in [1.807, 2.05) is 0 Å². The van der Waals surface area contributed by atoms with Crippen molar-refractivity contribution in [2.75, 3.05) is 13.2 Å². The summed E-state index contributed by atoms with van der Waals surface area (Å²) < 4.78 is 4.89. The zero-order valence-electron chi connectivity index (χ0n) is 4.51. The molecule has 1 saturated heterocycles. The summed E-state index contributed by atoms with van der Waals surface area (Å²) >= 11 is 5.57. The van der Waals surface area contributed by atoms with Crippen molar-refractivity contribution in [2.45, 2.75) is 17.9 Å². The first kappa shape index (κ1) is 6.33. The van der Waals surface area contributed by atoms with E-state index in [9.17, 15) is 0 Å². The van der Waals surface area contributed by atoms with Crippen LogP contribution < -0.4 is 0 Å². The monoisotopic (exact) mass is 136 g/mol. The van der Waals surface area contributed by atoms with Gasteiger partial charge in [-0.25, -0.2) is 0 Å². The van der Waals surface area contributed by atoms with Gasteiger partial charge in [0.25, 0.3) is 0 Å². The van der Waals surface area contributed by atoms with E-state index in [0.717, 1.165) is 13.0 Å². The Morgan fingerprint density at radius 3 is 2.88 bits per heavy atom. The second kappa shape index (κ2) is 2.67. The van der Waals surface area contributed by atoms with Crippen molar-refractivity contribution in [3.05, 3.63) is 0 Å². The maximum absolute atomic E-state index is 8.42. The molecule has 2 nitrogen and oxygen atoms in total. The molecule has 0 aliphatic carbocycles. The van der Waals surface area contributed by atoms with Crippen LogP contribution >= 0.6 is 11.6 Å². The molecule has 1 aliphatic heterocycles. The van der Waals surface area contributed by atoms with Crippen LogP contribution in [-0.2, 0) is 4.74 Å². The predicted octanol–water partition coefficient (Wildman–Crippen LogP) is 0.375. The average Bonchev–Trinajstić information content (AvgIpc) is 2.50. The third kappa shape index (κ3) is 1.99. The summed E-state index contributed by atoms with van der Waals surface area (Å²) in [4.78, 5) is 0. The molecule has 0 bridgehead atoms. The Labute approximate surface area is 53.4 Å². The molecule has 1 N–H and O–H groups in total. The zero-order valence-corrected chi connectivity index (χ0v) is 5.27. The van der Waals surface area contributed by atoms with E-state index in [0.29, 0.717) is 6.10 Å². The number of halogens is 1. The number of ether oxygens (including phenoxy) is 1. The molecule has 8 heavy (non-hydrogen) atoms. The summed E-state index contributed by atoms with van der Waals surface area (Å²) in [7, 11) is 0. The molecule has 1 rings (SSSR count). The van der Waals surface area contributed by atoms with E-state index in [2.05, 4.69) is 0 Å². The Morgan fingerprint density at radius 2 is 2.50 bits per heavy atom. The van der Waals surface area contributed by atoms with Crippen molar-refractivity contribution in [3.8, 4) is 0 Å². The first-order valence-corrected chi connectivity index (χ1v) is 3.13. The first-order chi connectivity index (χ1) is 3.83. The molecule has 0 aromatic carbocycles. The summed E-state index contributed by atoms with van der Waals surface area (Å²) in [5, 5.41) is 8.32. The Bertz CT molecular complexity index is 72.8. The predicted molar refractivity (Wildman–Crippen MR) is 31.1 cm³/mol. The van der Waals surface area contributed by atoms with Crippen LogP contribution in [0, 0.1) is 0 Å². The van der Waals surface area contributed by atoms with Crippen LogP contribution in [0.2, 0.25) is 0 Å². The fourth-order valence-corrected chi connectivity index (χ4v) is 0.763. The van der Waals surface area contributed by atoms with Gasteiger partial charge in [0, 0.05) is 0 Å². The Hall–Kier alpha value is 0.210. The normalized spacial score (nSPS) is 30.0. The summed E-state index contributed by atoms with van der Waals surface area (Å²) in [5.41, 5.74) is 0. The molecule has 2 atom stereocenters. The van der Waals surface area contributed by atoms with Crippen molar-refractivity contribution < 1.29 is 9.84 Å². The second-order valence-corrected chi connectivity index (χ2v) is 2.59. The topological polar surface area (TPSA) is 32.8 Å². The quantitative estimate of drug-likeness (QED) is 0.449. The van der Waals surface area contributed by atoms with Crippen molar-refractivity contribution in [2.24, 2.45) is 0 Å². The lowest BCUT2D eigenvalue weighted by Crippen LogP contribution is -2.07. The molecule has 0 amide bonds. The molecule has 1 aliphatic rings. The van der Waals surface area contributed by atoms with Gasteiger partial charge in [0.2, 0.25) is 0 Å². The molecule has 2 unspecified atom stereocenters. The minimum absolute atomic E-state index is 0.0570. The van der Waals surface area contributed by atoms with Crippen LogP contribution in [0.15, 0.2) is 0 Å². The van der Waals surface area contributed by atoms with Crippen LogP contribution in [0.4, 0.5) is 0 Å². The number of aliphatic hydroxyl groups excluding tert-OH is 1. The van der Waals surface area contributed by atoms with E-state index < -0.39 is 0 Å². The minimum Gasteiger partial charge on any atom is -0.395 e. The third-order valence-corrected chi connectivity index (χ3v) is 1.44. The maximum Gasteiger partial charge on any atom is 0.0824 e. The van der Waals surface area contributed by atoms with E-state index in [4.69, 9.17) is 21.4 Å². The van der Waals surface area contributed by atoms with Crippen LogP contribution in [0.5, 0.6) is 0 Å². The lowest BCUT2D eigenvalue weighted by atomic mass is 10.2. The summed E-state index contributed by atoms with van der Waals surface area (Å²) in [6.07, 6.45) is 1.13. The number of hydrogen-bond acceptors (Lipinski definition) is 2. The van der Waals surface area contributed by atoms with Gasteiger partial charge in [-0.3, -0.25) is 0 Å². The summed E-state index contributed by atoms with van der Waals surface area (Å²) in [6, 6.07) is 0. The zero-order chi connectivity index (χ0) is 5.98. The molecule has 0 radical (unpaired) electrons. The van der Waals surface area contributed by atoms with Crippen LogP contribution in [0.1, 0.15) is 6.42 Å². The highest BCUT2D eigenvalue weighted by molar-refractivity contribution is 6.20.